The topological polar surface area (TPSA) is 0 Å². The van der Waals surface area contributed by atoms with E-state index in [-0.39, 0.29) is 72.7 Å². The molecule has 6 rings (SSSR count). The zero-order valence-electron chi connectivity index (χ0n) is 29.8. The largest absolute Gasteiger partial charge is 2.00 e. The van der Waals surface area contributed by atoms with Gasteiger partial charge in [0.25, 0.3) is 0 Å². The summed E-state index contributed by atoms with van der Waals surface area (Å²) in [6, 6.07) is 15.1. The maximum absolute atomic E-state index is 2.72. The second-order valence-corrected chi connectivity index (χ2v) is 17.6. The third-order valence-electron chi connectivity index (χ3n) is 11.7. The fourth-order valence-corrected chi connectivity index (χ4v) is 8.99. The average Bonchev–Trinajstić information content (AvgIpc) is 3.57. The van der Waals surface area contributed by atoms with Crippen molar-refractivity contribution in [3.8, 4) is 11.1 Å². The van der Waals surface area contributed by atoms with E-state index in [0.29, 0.717) is 17.8 Å². The van der Waals surface area contributed by atoms with Crippen LogP contribution in [-0.2, 0) is 37.0 Å². The van der Waals surface area contributed by atoms with Crippen molar-refractivity contribution in [1.82, 2.24) is 0 Å². The van der Waals surface area contributed by atoms with Gasteiger partial charge < -0.3 is 24.8 Å². The monoisotopic (exact) mass is 720 g/mol. The first-order valence-corrected chi connectivity index (χ1v) is 16.9. The molecule has 2 aromatic rings. The van der Waals surface area contributed by atoms with Gasteiger partial charge in [-0.15, -0.1) is 0 Å². The first kappa shape index (κ1) is 38.6. The Hall–Kier alpha value is -0.877. The van der Waals surface area contributed by atoms with E-state index in [4.69, 9.17) is 0 Å². The molecule has 0 saturated heterocycles. The molecule has 0 amide bonds. The fraction of sp³-hybridized carbons (Fsp3) is 0.571. The van der Waals surface area contributed by atoms with E-state index in [1.807, 2.05) is 0 Å². The Balaban J connectivity index is 0.00000184. The van der Waals surface area contributed by atoms with Gasteiger partial charge in [-0.3, -0.25) is 0 Å². The summed E-state index contributed by atoms with van der Waals surface area (Å²) >= 11 is 0. The van der Waals surface area contributed by atoms with E-state index in [9.17, 15) is 0 Å². The second kappa shape index (κ2) is 13.2. The Kier molecular flexibility index (Phi) is 11.3. The summed E-state index contributed by atoms with van der Waals surface area (Å²) in [6.07, 6.45) is 14.0. The second-order valence-electron chi connectivity index (χ2n) is 17.6. The number of allylic oxidation sites excluding steroid dienone is 6. The van der Waals surface area contributed by atoms with E-state index in [0.717, 1.165) is 5.92 Å². The van der Waals surface area contributed by atoms with Crippen LogP contribution in [0.25, 0.3) is 11.1 Å². The Morgan fingerprint density at radius 3 is 1.69 bits per heavy atom. The minimum absolute atomic E-state index is 0. The van der Waals surface area contributed by atoms with Crippen LogP contribution in [0, 0.1) is 28.6 Å². The first-order chi connectivity index (χ1) is 19.5. The molecular formula is C42H56Cl2Zr. The molecule has 0 heterocycles. The van der Waals surface area contributed by atoms with E-state index in [1.54, 1.807) is 27.8 Å². The maximum Gasteiger partial charge on any atom is 2.00 e. The smallest absolute Gasteiger partial charge is 1.00 e. The fourth-order valence-electron chi connectivity index (χ4n) is 8.99. The molecule has 0 radical (unpaired) electrons. The predicted molar refractivity (Wildman–Crippen MR) is 182 cm³/mol. The summed E-state index contributed by atoms with van der Waals surface area (Å²) in [5.41, 5.74) is 14.8. The number of benzene rings is 2. The van der Waals surface area contributed by atoms with E-state index >= 15 is 0 Å². The summed E-state index contributed by atoms with van der Waals surface area (Å²) < 4.78 is 0. The first-order valence-electron chi connectivity index (χ1n) is 16.9. The summed E-state index contributed by atoms with van der Waals surface area (Å²) in [5, 5.41) is 0. The molecule has 45 heavy (non-hydrogen) atoms. The zero-order valence-corrected chi connectivity index (χ0v) is 33.8. The SMILES string of the molecule is CC(C)C1(C2c3ccc(C(C)(C)C)cc3-c3cc(C(C)(C)C)ccc32)CC(C2CC=CCC2)C2=C1C=C(C(C)(C)C)C2.[Cl-].[Cl-].[Zr+2]. The van der Waals surface area contributed by atoms with Crippen molar-refractivity contribution >= 4 is 0 Å². The van der Waals surface area contributed by atoms with Crippen molar-refractivity contribution in [1.29, 1.82) is 0 Å². The van der Waals surface area contributed by atoms with Crippen LogP contribution < -0.4 is 24.8 Å². The van der Waals surface area contributed by atoms with E-state index < -0.39 is 0 Å². The van der Waals surface area contributed by atoms with Crippen LogP contribution in [0.2, 0.25) is 0 Å². The van der Waals surface area contributed by atoms with Crippen molar-refractivity contribution in [2.24, 2.45) is 28.6 Å². The van der Waals surface area contributed by atoms with Gasteiger partial charge in [-0.05, 0) is 105 Å². The minimum Gasteiger partial charge on any atom is -1.00 e. The van der Waals surface area contributed by atoms with E-state index in [1.165, 1.54) is 54.4 Å². The van der Waals surface area contributed by atoms with Crippen molar-refractivity contribution in [2.75, 3.05) is 0 Å². The molecule has 4 aliphatic rings. The van der Waals surface area contributed by atoms with Gasteiger partial charge in [-0.1, -0.05) is 142 Å². The molecule has 0 spiro atoms. The molecule has 0 bridgehead atoms. The average molecular weight is 723 g/mol. The Labute approximate surface area is 307 Å². The number of fused-ring (bicyclic) bond motifs is 3. The van der Waals surface area contributed by atoms with Crippen LogP contribution in [0.3, 0.4) is 0 Å². The molecule has 2 aromatic carbocycles. The molecule has 0 aromatic heterocycles. The Bertz CT molecular complexity index is 1440. The van der Waals surface area contributed by atoms with Crippen molar-refractivity contribution < 1.29 is 51.0 Å². The van der Waals surface area contributed by atoms with E-state index in [2.05, 4.69) is 131 Å². The number of halogens is 2. The molecule has 3 atom stereocenters. The molecule has 3 unspecified atom stereocenters. The summed E-state index contributed by atoms with van der Waals surface area (Å²) in [6.45, 7) is 26.5. The summed E-state index contributed by atoms with van der Waals surface area (Å²) in [7, 11) is 0. The number of rotatable bonds is 3. The molecule has 0 fully saturated rings. The van der Waals surface area contributed by atoms with Crippen LogP contribution in [0.15, 0.2) is 71.3 Å². The third kappa shape index (κ3) is 6.48. The predicted octanol–water partition coefficient (Wildman–Crippen LogP) is 6.09. The van der Waals surface area contributed by atoms with Gasteiger partial charge in [0.05, 0.1) is 0 Å². The van der Waals surface area contributed by atoms with Gasteiger partial charge in [0.1, 0.15) is 0 Å². The van der Waals surface area contributed by atoms with Gasteiger partial charge in [-0.25, -0.2) is 0 Å². The summed E-state index contributed by atoms with van der Waals surface area (Å²) in [4.78, 5) is 0. The van der Waals surface area contributed by atoms with Crippen LogP contribution in [0.4, 0.5) is 0 Å². The van der Waals surface area contributed by atoms with Crippen LogP contribution in [-0.4, -0.2) is 0 Å². The molecular weight excluding hydrogens is 667 g/mol. The minimum atomic E-state index is 0. The molecule has 0 nitrogen and oxygen atoms in total. The number of hydrogen-bond donors (Lipinski definition) is 0. The third-order valence-corrected chi connectivity index (χ3v) is 11.7. The van der Waals surface area contributed by atoms with Gasteiger partial charge in [0, 0.05) is 11.3 Å². The molecule has 242 valence electrons. The maximum atomic E-state index is 2.72. The van der Waals surface area contributed by atoms with Gasteiger partial charge >= 0.3 is 26.2 Å². The zero-order chi connectivity index (χ0) is 30.4. The Morgan fingerprint density at radius 1 is 0.733 bits per heavy atom. The molecule has 0 aliphatic heterocycles. The standard InChI is InChI=1S/C42H56.2ClH.Zr/c1-26(2)42(25-36(27-15-13-12-14-16-27)35-23-30(24-37(35)42)41(9,10)11)38-31-19-17-28(39(3,4)5)21-33(31)34-22-29(40(6,7)8)18-20-32(34)38;;;/h12-13,17-22,24,26-27,36,38H,14-16,23,25H2,1-11H3;2*1H;/q;;;+2/p-2. The normalized spacial score (nSPS) is 24.4. The Morgan fingerprint density at radius 2 is 1.27 bits per heavy atom. The van der Waals surface area contributed by atoms with Crippen molar-refractivity contribution in [3.63, 3.8) is 0 Å². The van der Waals surface area contributed by atoms with Crippen LogP contribution in [0.5, 0.6) is 0 Å². The van der Waals surface area contributed by atoms with Crippen molar-refractivity contribution in [3.05, 3.63) is 93.6 Å². The molecule has 0 saturated carbocycles. The van der Waals surface area contributed by atoms with Crippen molar-refractivity contribution in [2.45, 2.75) is 125 Å². The van der Waals surface area contributed by atoms with Gasteiger partial charge in [-0.2, -0.15) is 0 Å². The van der Waals surface area contributed by atoms with Gasteiger partial charge in [0.2, 0.25) is 0 Å². The van der Waals surface area contributed by atoms with Crippen LogP contribution in [0.1, 0.15) is 136 Å². The van der Waals surface area contributed by atoms with Crippen LogP contribution >= 0.6 is 0 Å². The molecule has 3 heteroatoms. The summed E-state index contributed by atoms with van der Waals surface area (Å²) in [5.74, 6) is 2.42. The van der Waals surface area contributed by atoms with Gasteiger partial charge in [0.15, 0.2) is 0 Å². The molecule has 0 N–H and O–H groups in total. The quantitative estimate of drug-likeness (QED) is 0.337. The molecule has 4 aliphatic carbocycles. The number of hydrogen-bond acceptors (Lipinski definition) is 0.